The van der Waals surface area contributed by atoms with E-state index in [1.807, 2.05) is 42.5 Å². The second-order valence-electron chi connectivity index (χ2n) is 6.54. The number of rotatable bonds is 8. The molecule has 1 aromatic heterocycles. The van der Waals surface area contributed by atoms with Crippen molar-refractivity contribution in [1.82, 2.24) is 10.3 Å². The minimum absolute atomic E-state index is 0.133. The molecule has 0 saturated heterocycles. The number of carbonyl (C=O) groups is 1. The highest BCUT2D eigenvalue weighted by molar-refractivity contribution is 5.99. The van der Waals surface area contributed by atoms with Crippen LogP contribution in [0.3, 0.4) is 0 Å². The standard InChI is InChI=1S/C23H22N4O3/c1-15(13-24)14-26-22-18-12-17(7-6-16(18)8-9-21(22)30-2)19-4-3-5-20(27-19)23(29)25-10-11-28/h3-9,12,26,28H,1,10-11,14H2,2H3,(H,25,29). The molecule has 30 heavy (non-hydrogen) atoms. The van der Waals surface area contributed by atoms with Crippen LogP contribution < -0.4 is 15.4 Å². The average Bonchev–Trinajstić information content (AvgIpc) is 2.80. The molecule has 0 fully saturated rings. The van der Waals surface area contributed by atoms with Crippen LogP contribution in [0.2, 0.25) is 0 Å². The topological polar surface area (TPSA) is 107 Å². The molecule has 3 rings (SSSR count). The number of hydrogen-bond acceptors (Lipinski definition) is 6. The molecule has 3 aromatic rings. The van der Waals surface area contributed by atoms with E-state index in [-0.39, 0.29) is 24.8 Å². The summed E-state index contributed by atoms with van der Waals surface area (Å²) in [6, 6.07) is 16.9. The fourth-order valence-corrected chi connectivity index (χ4v) is 3.03. The van der Waals surface area contributed by atoms with Gasteiger partial charge in [0.1, 0.15) is 11.4 Å². The lowest BCUT2D eigenvalue weighted by molar-refractivity contribution is 0.0940. The van der Waals surface area contributed by atoms with Gasteiger partial charge in [-0.25, -0.2) is 4.98 Å². The predicted molar refractivity (Wildman–Crippen MR) is 116 cm³/mol. The quantitative estimate of drug-likeness (QED) is 0.500. The van der Waals surface area contributed by atoms with Crippen LogP contribution in [-0.4, -0.2) is 42.8 Å². The first-order valence-corrected chi connectivity index (χ1v) is 9.36. The van der Waals surface area contributed by atoms with Gasteiger partial charge in [0.25, 0.3) is 5.91 Å². The van der Waals surface area contributed by atoms with Crippen LogP contribution in [-0.2, 0) is 0 Å². The van der Waals surface area contributed by atoms with Gasteiger partial charge < -0.3 is 20.5 Å². The molecule has 0 spiro atoms. The van der Waals surface area contributed by atoms with E-state index < -0.39 is 0 Å². The summed E-state index contributed by atoms with van der Waals surface area (Å²) >= 11 is 0. The fourth-order valence-electron chi connectivity index (χ4n) is 3.03. The molecule has 2 aromatic carbocycles. The van der Waals surface area contributed by atoms with Crippen molar-refractivity contribution < 1.29 is 14.6 Å². The molecule has 0 atom stereocenters. The number of pyridine rings is 1. The number of aromatic nitrogens is 1. The van der Waals surface area contributed by atoms with Crippen LogP contribution >= 0.6 is 0 Å². The van der Waals surface area contributed by atoms with E-state index >= 15 is 0 Å². The number of nitrogens with one attached hydrogen (secondary N) is 2. The molecule has 7 heteroatoms. The van der Waals surface area contributed by atoms with Gasteiger partial charge in [0.15, 0.2) is 0 Å². The molecular weight excluding hydrogens is 380 g/mol. The second kappa shape index (κ2) is 9.54. The third kappa shape index (κ3) is 4.57. The van der Waals surface area contributed by atoms with Crippen molar-refractivity contribution in [2.75, 3.05) is 32.1 Å². The summed E-state index contributed by atoms with van der Waals surface area (Å²) in [6.07, 6.45) is 0. The number of aliphatic hydroxyl groups is 1. The largest absolute Gasteiger partial charge is 0.495 e. The minimum atomic E-state index is -0.342. The first kappa shape index (κ1) is 20.8. The number of nitriles is 1. The molecule has 1 heterocycles. The van der Waals surface area contributed by atoms with E-state index in [1.54, 1.807) is 19.2 Å². The number of anilines is 1. The number of hydrogen-bond donors (Lipinski definition) is 3. The van der Waals surface area contributed by atoms with Crippen molar-refractivity contribution in [3.63, 3.8) is 0 Å². The first-order valence-electron chi connectivity index (χ1n) is 9.36. The van der Waals surface area contributed by atoms with Gasteiger partial charge in [0.05, 0.1) is 31.2 Å². The molecular formula is C23H22N4O3. The molecule has 0 unspecified atom stereocenters. The molecule has 0 bridgehead atoms. The van der Waals surface area contributed by atoms with Crippen molar-refractivity contribution >= 4 is 22.4 Å². The maximum atomic E-state index is 12.2. The molecule has 7 nitrogen and oxygen atoms in total. The van der Waals surface area contributed by atoms with E-state index in [4.69, 9.17) is 15.1 Å². The minimum Gasteiger partial charge on any atom is -0.495 e. The number of fused-ring (bicyclic) bond motifs is 1. The number of ether oxygens (including phenoxy) is 1. The normalized spacial score (nSPS) is 10.3. The zero-order valence-electron chi connectivity index (χ0n) is 16.6. The summed E-state index contributed by atoms with van der Waals surface area (Å²) in [5, 5.41) is 25.6. The maximum Gasteiger partial charge on any atom is 0.269 e. The fraction of sp³-hybridized carbons (Fsp3) is 0.174. The second-order valence-corrected chi connectivity index (χ2v) is 6.54. The summed E-state index contributed by atoms with van der Waals surface area (Å²) in [6.45, 7) is 4.05. The Bertz CT molecular complexity index is 1130. The summed E-state index contributed by atoms with van der Waals surface area (Å²) in [4.78, 5) is 16.6. The number of nitrogens with zero attached hydrogens (tertiary/aromatic N) is 2. The van der Waals surface area contributed by atoms with Crippen molar-refractivity contribution in [3.8, 4) is 23.1 Å². The number of carbonyl (C=O) groups excluding carboxylic acids is 1. The van der Waals surface area contributed by atoms with Crippen LogP contribution in [0.25, 0.3) is 22.0 Å². The van der Waals surface area contributed by atoms with Gasteiger partial charge in [-0.3, -0.25) is 4.79 Å². The third-order valence-corrected chi connectivity index (χ3v) is 4.51. The lowest BCUT2D eigenvalue weighted by atomic mass is 10.0. The Labute approximate surface area is 174 Å². The zero-order chi connectivity index (χ0) is 21.5. The van der Waals surface area contributed by atoms with Crippen molar-refractivity contribution in [2.45, 2.75) is 0 Å². The van der Waals surface area contributed by atoms with E-state index in [1.165, 1.54) is 0 Å². The highest BCUT2D eigenvalue weighted by Crippen LogP contribution is 2.35. The molecule has 3 N–H and O–H groups in total. The van der Waals surface area contributed by atoms with E-state index in [9.17, 15) is 4.79 Å². The molecule has 0 aliphatic heterocycles. The average molecular weight is 402 g/mol. The third-order valence-electron chi connectivity index (χ3n) is 4.51. The Balaban J connectivity index is 2.03. The molecule has 0 saturated carbocycles. The summed E-state index contributed by atoms with van der Waals surface area (Å²) < 4.78 is 5.49. The van der Waals surface area contributed by atoms with Crippen molar-refractivity contribution in [2.24, 2.45) is 0 Å². The van der Waals surface area contributed by atoms with Gasteiger partial charge in [-0.15, -0.1) is 0 Å². The predicted octanol–water partition coefficient (Wildman–Crippen LogP) is 3.12. The molecule has 0 radical (unpaired) electrons. The van der Waals surface area contributed by atoms with Crippen molar-refractivity contribution in [1.29, 1.82) is 5.26 Å². The summed E-state index contributed by atoms with van der Waals surface area (Å²) in [5.41, 5.74) is 2.91. The Hall–Kier alpha value is -3.89. The van der Waals surface area contributed by atoms with E-state index in [0.29, 0.717) is 23.6 Å². The number of methoxy groups -OCH3 is 1. The van der Waals surface area contributed by atoms with Crippen LogP contribution in [0.1, 0.15) is 10.5 Å². The Morgan fingerprint density at radius 3 is 2.80 bits per heavy atom. The Morgan fingerprint density at radius 1 is 1.27 bits per heavy atom. The van der Waals surface area contributed by atoms with Crippen LogP contribution in [0.15, 0.2) is 60.7 Å². The van der Waals surface area contributed by atoms with Gasteiger partial charge in [-0.2, -0.15) is 5.26 Å². The maximum absolute atomic E-state index is 12.2. The van der Waals surface area contributed by atoms with Crippen LogP contribution in [0, 0.1) is 11.3 Å². The number of aliphatic hydroxyl groups excluding tert-OH is 1. The molecule has 0 aliphatic carbocycles. The highest BCUT2D eigenvalue weighted by atomic mass is 16.5. The summed E-state index contributed by atoms with van der Waals surface area (Å²) in [5.74, 6) is 0.307. The van der Waals surface area contributed by atoms with E-state index in [2.05, 4.69) is 22.2 Å². The number of benzene rings is 2. The lowest BCUT2D eigenvalue weighted by Crippen LogP contribution is -2.27. The molecule has 0 aliphatic rings. The van der Waals surface area contributed by atoms with Gasteiger partial charge in [-0.05, 0) is 29.7 Å². The number of amides is 1. The summed E-state index contributed by atoms with van der Waals surface area (Å²) in [7, 11) is 1.59. The lowest BCUT2D eigenvalue weighted by Gasteiger charge is -2.15. The van der Waals surface area contributed by atoms with Gasteiger partial charge in [-0.1, -0.05) is 30.8 Å². The van der Waals surface area contributed by atoms with Gasteiger partial charge in [0, 0.05) is 29.6 Å². The van der Waals surface area contributed by atoms with Gasteiger partial charge >= 0.3 is 0 Å². The highest BCUT2D eigenvalue weighted by Gasteiger charge is 2.12. The smallest absolute Gasteiger partial charge is 0.269 e. The first-order chi connectivity index (χ1) is 14.6. The Morgan fingerprint density at radius 2 is 2.07 bits per heavy atom. The van der Waals surface area contributed by atoms with Crippen molar-refractivity contribution in [3.05, 3.63) is 66.4 Å². The molecule has 152 valence electrons. The van der Waals surface area contributed by atoms with Crippen LogP contribution in [0.4, 0.5) is 5.69 Å². The van der Waals surface area contributed by atoms with Gasteiger partial charge in [0.2, 0.25) is 0 Å². The van der Waals surface area contributed by atoms with E-state index in [0.717, 1.165) is 22.0 Å². The molecule has 1 amide bonds. The SMILES string of the molecule is C=C(C#N)CNc1c(OC)ccc2ccc(-c3cccc(C(=O)NCCO)n3)cc12. The van der Waals surface area contributed by atoms with Crippen LogP contribution in [0.5, 0.6) is 5.75 Å². The Kier molecular flexibility index (Phi) is 6.63. The zero-order valence-corrected chi connectivity index (χ0v) is 16.6. The monoisotopic (exact) mass is 402 g/mol.